The number of carbonyl (C=O) groups is 3. The Morgan fingerprint density at radius 1 is 1.17 bits per heavy atom. The van der Waals surface area contributed by atoms with Crippen molar-refractivity contribution in [3.05, 3.63) is 80.5 Å². The van der Waals surface area contributed by atoms with E-state index < -0.39 is 23.4 Å². The number of hydrogen-bond donors (Lipinski definition) is 3. The van der Waals surface area contributed by atoms with E-state index in [0.717, 1.165) is 10.6 Å². The lowest BCUT2D eigenvalue weighted by atomic mass is 10.0. The van der Waals surface area contributed by atoms with Gasteiger partial charge in [0, 0.05) is 23.9 Å². The third-order valence-corrected chi connectivity index (χ3v) is 5.02. The fourth-order valence-electron chi connectivity index (χ4n) is 3.36. The van der Waals surface area contributed by atoms with Gasteiger partial charge in [-0.05, 0) is 43.3 Å². The molecule has 3 aromatic rings. The quantitative estimate of drug-likeness (QED) is 0.297. The number of nitrogens with one attached hydrogen (secondary N) is 1. The van der Waals surface area contributed by atoms with Crippen LogP contribution in [0.15, 0.2) is 50.7 Å². The minimum Gasteiger partial charge on any atom is -0.478 e. The molecule has 2 heterocycles. The van der Waals surface area contributed by atoms with Gasteiger partial charge in [-0.2, -0.15) is 10.4 Å². The van der Waals surface area contributed by atoms with Crippen LogP contribution in [0.2, 0.25) is 0 Å². The van der Waals surface area contributed by atoms with Crippen LogP contribution in [0.4, 0.5) is 0 Å². The normalized spacial score (nSPS) is 10.8. The van der Waals surface area contributed by atoms with Crippen LogP contribution >= 0.6 is 0 Å². The van der Waals surface area contributed by atoms with Crippen molar-refractivity contribution in [1.29, 1.82) is 5.26 Å². The number of nitrogens with zero attached hydrogens (tertiary/aromatic N) is 3. The van der Waals surface area contributed by atoms with E-state index in [0.29, 0.717) is 11.3 Å². The summed E-state index contributed by atoms with van der Waals surface area (Å²) in [4.78, 5) is 47.5. The molecule has 3 rings (SSSR count). The van der Waals surface area contributed by atoms with Crippen LogP contribution < -0.4 is 11.0 Å². The molecular formula is C24H20N4O8. The van der Waals surface area contributed by atoms with Crippen LogP contribution in [-0.2, 0) is 22.7 Å². The molecule has 0 spiro atoms. The summed E-state index contributed by atoms with van der Waals surface area (Å²) in [6.07, 6.45) is 1.18. The number of carboxylic acids is 2. The van der Waals surface area contributed by atoms with E-state index in [1.165, 1.54) is 37.6 Å². The summed E-state index contributed by atoms with van der Waals surface area (Å²) < 4.78 is 11.7. The van der Waals surface area contributed by atoms with Crippen LogP contribution in [0, 0.1) is 18.3 Å². The maximum Gasteiger partial charge on any atom is 0.335 e. The number of hydrazone groups is 1. The predicted octanol–water partition coefficient (Wildman–Crippen LogP) is 1.98. The standard InChI is InChI=1S/C24H20N4O8/c1-13-5-17(12-35-2)19(9-25)22(30)28(13)11-21(29)27-26-10-18-3-4-20(36-18)14-6-15(23(31)32)8-16(7-14)24(33)34/h3-8,10H,11-12H2,1-2H3,(H,27,29)(H,31,32)(H,33,34)/b26-10+. The fraction of sp³-hybridized carbons (Fsp3) is 0.167. The number of aromatic carboxylic acids is 2. The minimum atomic E-state index is -1.29. The summed E-state index contributed by atoms with van der Waals surface area (Å²) in [6.45, 7) is 1.32. The molecule has 12 heteroatoms. The SMILES string of the molecule is COCc1cc(C)n(CC(=O)N/N=C/c2ccc(-c3cc(C(=O)O)cc(C(=O)O)c3)o2)c(=O)c1C#N. The van der Waals surface area contributed by atoms with Gasteiger partial charge in [-0.3, -0.25) is 9.59 Å². The van der Waals surface area contributed by atoms with Crippen molar-refractivity contribution in [3.8, 4) is 17.4 Å². The van der Waals surface area contributed by atoms with Gasteiger partial charge in [0.05, 0.1) is 23.9 Å². The van der Waals surface area contributed by atoms with Crippen LogP contribution in [0.25, 0.3) is 11.3 Å². The van der Waals surface area contributed by atoms with E-state index in [2.05, 4.69) is 10.5 Å². The van der Waals surface area contributed by atoms with Crippen LogP contribution in [0.3, 0.4) is 0 Å². The van der Waals surface area contributed by atoms with Gasteiger partial charge in [-0.25, -0.2) is 15.0 Å². The summed E-state index contributed by atoms with van der Waals surface area (Å²) in [5, 5.41) is 31.5. The molecule has 0 fully saturated rings. The molecule has 2 aromatic heterocycles. The van der Waals surface area contributed by atoms with Gasteiger partial charge in [0.2, 0.25) is 0 Å². The van der Waals surface area contributed by atoms with Gasteiger partial charge >= 0.3 is 11.9 Å². The summed E-state index contributed by atoms with van der Waals surface area (Å²) in [6, 6.07) is 9.98. The van der Waals surface area contributed by atoms with Crippen molar-refractivity contribution in [1.82, 2.24) is 9.99 Å². The second-order valence-electron chi connectivity index (χ2n) is 7.53. The molecule has 1 aromatic carbocycles. The highest BCUT2D eigenvalue weighted by atomic mass is 16.5. The molecule has 0 saturated carbocycles. The number of aryl methyl sites for hydroxylation is 1. The largest absolute Gasteiger partial charge is 0.478 e. The first-order chi connectivity index (χ1) is 17.1. The first-order valence-electron chi connectivity index (χ1n) is 10.3. The summed E-state index contributed by atoms with van der Waals surface area (Å²) >= 11 is 0. The number of furan rings is 1. The van der Waals surface area contributed by atoms with Gasteiger partial charge in [0.1, 0.15) is 29.7 Å². The van der Waals surface area contributed by atoms with E-state index in [9.17, 15) is 34.7 Å². The lowest BCUT2D eigenvalue weighted by molar-refractivity contribution is -0.121. The van der Waals surface area contributed by atoms with E-state index >= 15 is 0 Å². The average Bonchev–Trinajstić information content (AvgIpc) is 3.30. The minimum absolute atomic E-state index is 0.0830. The Balaban J connectivity index is 1.74. The van der Waals surface area contributed by atoms with Crippen LogP contribution in [0.1, 0.15) is 43.3 Å². The van der Waals surface area contributed by atoms with Gasteiger partial charge in [-0.1, -0.05) is 0 Å². The predicted molar refractivity (Wildman–Crippen MR) is 125 cm³/mol. The lowest BCUT2D eigenvalue weighted by Crippen LogP contribution is -2.33. The van der Waals surface area contributed by atoms with E-state index in [4.69, 9.17) is 9.15 Å². The number of methoxy groups -OCH3 is 1. The Morgan fingerprint density at radius 2 is 1.83 bits per heavy atom. The van der Waals surface area contributed by atoms with Gasteiger partial charge in [0.15, 0.2) is 0 Å². The molecule has 3 N–H and O–H groups in total. The molecule has 0 unspecified atom stereocenters. The number of pyridine rings is 1. The Kier molecular flexibility index (Phi) is 7.78. The second-order valence-corrected chi connectivity index (χ2v) is 7.53. The second kappa shape index (κ2) is 10.9. The Bertz CT molecular complexity index is 1440. The zero-order chi connectivity index (χ0) is 26.4. The summed E-state index contributed by atoms with van der Waals surface area (Å²) in [7, 11) is 1.44. The smallest absolute Gasteiger partial charge is 0.335 e. The number of amides is 1. The van der Waals surface area contributed by atoms with Crippen molar-refractivity contribution in [2.75, 3.05) is 7.11 Å². The van der Waals surface area contributed by atoms with Gasteiger partial charge < -0.3 is 23.9 Å². The molecule has 36 heavy (non-hydrogen) atoms. The summed E-state index contributed by atoms with van der Waals surface area (Å²) in [5.74, 6) is -2.84. The number of nitriles is 1. The number of rotatable bonds is 9. The zero-order valence-corrected chi connectivity index (χ0v) is 19.1. The number of benzene rings is 1. The molecule has 0 radical (unpaired) electrons. The Morgan fingerprint density at radius 3 is 2.42 bits per heavy atom. The molecular weight excluding hydrogens is 472 g/mol. The van der Waals surface area contributed by atoms with Crippen molar-refractivity contribution in [3.63, 3.8) is 0 Å². The number of carbonyl (C=O) groups excluding carboxylic acids is 1. The van der Waals surface area contributed by atoms with E-state index in [1.54, 1.807) is 13.0 Å². The first kappa shape index (κ1) is 25.6. The third kappa shape index (κ3) is 5.72. The molecule has 0 saturated heterocycles. The monoisotopic (exact) mass is 492 g/mol. The topological polar surface area (TPSA) is 184 Å². The molecule has 0 aliphatic heterocycles. The number of carboxylic acid groups (broad SMARTS) is 2. The average molecular weight is 492 g/mol. The Labute approximate surface area is 203 Å². The summed E-state index contributed by atoms with van der Waals surface area (Å²) in [5.41, 5.74) is 2.21. The molecule has 0 atom stereocenters. The highest BCUT2D eigenvalue weighted by Crippen LogP contribution is 2.24. The zero-order valence-electron chi connectivity index (χ0n) is 19.1. The number of ether oxygens (including phenoxy) is 1. The van der Waals surface area contributed by atoms with Crippen molar-refractivity contribution >= 4 is 24.1 Å². The lowest BCUT2D eigenvalue weighted by Gasteiger charge is -2.12. The number of hydrogen-bond acceptors (Lipinski definition) is 8. The molecule has 0 aliphatic carbocycles. The molecule has 0 bridgehead atoms. The van der Waals surface area contributed by atoms with Crippen molar-refractivity contribution in [2.45, 2.75) is 20.1 Å². The van der Waals surface area contributed by atoms with E-state index in [-0.39, 0.29) is 46.9 Å². The highest BCUT2D eigenvalue weighted by molar-refractivity contribution is 5.96. The van der Waals surface area contributed by atoms with Crippen molar-refractivity contribution in [2.24, 2.45) is 5.10 Å². The van der Waals surface area contributed by atoms with E-state index in [1.807, 2.05) is 6.07 Å². The van der Waals surface area contributed by atoms with Gasteiger partial charge in [0.25, 0.3) is 11.5 Å². The van der Waals surface area contributed by atoms with Crippen molar-refractivity contribution < 1.29 is 33.8 Å². The first-order valence-corrected chi connectivity index (χ1v) is 10.3. The maximum absolute atomic E-state index is 12.6. The van der Waals surface area contributed by atoms with Crippen LogP contribution in [-0.4, -0.2) is 46.0 Å². The number of aromatic nitrogens is 1. The molecule has 12 nitrogen and oxygen atoms in total. The van der Waals surface area contributed by atoms with Crippen LogP contribution in [0.5, 0.6) is 0 Å². The Hall–Kier alpha value is -5.02. The fourth-order valence-corrected chi connectivity index (χ4v) is 3.36. The molecule has 184 valence electrons. The highest BCUT2D eigenvalue weighted by Gasteiger charge is 2.16. The third-order valence-electron chi connectivity index (χ3n) is 5.02. The van der Waals surface area contributed by atoms with Gasteiger partial charge in [-0.15, -0.1) is 0 Å². The maximum atomic E-state index is 12.6. The molecule has 1 amide bonds. The molecule has 0 aliphatic rings.